The number of allylic oxidation sites excluding steroid dienone is 1. The lowest BCUT2D eigenvalue weighted by molar-refractivity contribution is -0.0827. The first-order chi connectivity index (χ1) is 18.0. The minimum atomic E-state index is -0.172. The highest BCUT2D eigenvalue weighted by atomic mass is 16.5. The Kier molecular flexibility index (Phi) is 7.69. The van der Waals surface area contributed by atoms with Gasteiger partial charge in [0.05, 0.1) is 5.56 Å². The van der Waals surface area contributed by atoms with Crippen LogP contribution in [0.3, 0.4) is 0 Å². The van der Waals surface area contributed by atoms with Crippen molar-refractivity contribution in [3.8, 4) is 0 Å². The van der Waals surface area contributed by atoms with Crippen LogP contribution in [-0.4, -0.2) is 12.1 Å². The molecule has 0 unspecified atom stereocenters. The smallest absolute Gasteiger partial charge is 0.338 e. The molecule has 8 atom stereocenters. The van der Waals surface area contributed by atoms with Gasteiger partial charge in [0.1, 0.15) is 6.10 Å². The minimum absolute atomic E-state index is 0.0533. The highest BCUT2D eigenvalue weighted by Gasteiger charge is 2.61. The maximum absolute atomic E-state index is 13.0. The van der Waals surface area contributed by atoms with E-state index >= 15 is 0 Å². The zero-order chi connectivity index (χ0) is 27.3. The summed E-state index contributed by atoms with van der Waals surface area (Å²) in [5.41, 5.74) is 2.90. The molecule has 4 aliphatic rings. The molecule has 0 heterocycles. The van der Waals surface area contributed by atoms with Gasteiger partial charge in [-0.25, -0.2) is 4.79 Å². The molecule has 210 valence electrons. The molecule has 3 saturated carbocycles. The fourth-order valence-corrected chi connectivity index (χ4v) is 10.4. The first-order valence-corrected chi connectivity index (χ1v) is 16.0. The Bertz CT molecular complexity index is 1020. The fraction of sp³-hybridized carbons (Fsp3) is 0.750. The zero-order valence-corrected chi connectivity index (χ0v) is 25.4. The summed E-state index contributed by atoms with van der Waals surface area (Å²) in [5.74, 6) is 4.91. The van der Waals surface area contributed by atoms with Crippen LogP contribution in [0, 0.1) is 51.8 Å². The predicted octanol–water partition coefficient (Wildman–Crippen LogP) is 9.89. The van der Waals surface area contributed by atoms with Crippen molar-refractivity contribution in [2.45, 2.75) is 119 Å². The number of benzene rings is 1. The highest BCUT2D eigenvalue weighted by molar-refractivity contribution is 5.89. The van der Waals surface area contributed by atoms with Crippen molar-refractivity contribution in [1.82, 2.24) is 0 Å². The SMILES string of the molecule is CC(C)CCC[C@H](C)[C@H]1CC[C@H]2[C@@H]3CC=C4C(C)(C)[C@@H](OC(=O)c5ccccc5)CC[C@]4(C)[C@H]3CC[C@]12C. The van der Waals surface area contributed by atoms with Gasteiger partial charge >= 0.3 is 5.97 Å². The highest BCUT2D eigenvalue weighted by Crippen LogP contribution is 2.69. The van der Waals surface area contributed by atoms with Gasteiger partial charge in [0.15, 0.2) is 0 Å². The van der Waals surface area contributed by atoms with E-state index in [1.54, 1.807) is 5.57 Å². The third-order valence-electron chi connectivity index (χ3n) is 12.3. The second-order valence-electron chi connectivity index (χ2n) is 15.2. The Labute approximate surface area is 233 Å². The number of hydrogen-bond donors (Lipinski definition) is 0. The third-order valence-corrected chi connectivity index (χ3v) is 12.3. The Morgan fingerprint density at radius 3 is 2.37 bits per heavy atom. The molecule has 1 aromatic rings. The van der Waals surface area contributed by atoms with Gasteiger partial charge in [-0.3, -0.25) is 0 Å². The molecule has 1 aromatic carbocycles. The van der Waals surface area contributed by atoms with E-state index in [0.29, 0.717) is 11.0 Å². The Balaban J connectivity index is 1.32. The van der Waals surface area contributed by atoms with Crippen LogP contribution in [0.4, 0.5) is 0 Å². The van der Waals surface area contributed by atoms with Crippen molar-refractivity contribution in [1.29, 1.82) is 0 Å². The molecule has 0 N–H and O–H groups in total. The van der Waals surface area contributed by atoms with Crippen molar-refractivity contribution in [3.63, 3.8) is 0 Å². The van der Waals surface area contributed by atoms with E-state index in [4.69, 9.17) is 4.74 Å². The molecule has 4 aliphatic carbocycles. The van der Waals surface area contributed by atoms with Crippen LogP contribution in [0.25, 0.3) is 0 Å². The minimum Gasteiger partial charge on any atom is -0.458 e. The summed E-state index contributed by atoms with van der Waals surface area (Å²) in [7, 11) is 0. The topological polar surface area (TPSA) is 26.3 Å². The maximum Gasteiger partial charge on any atom is 0.338 e. The quantitative estimate of drug-likeness (QED) is 0.265. The summed E-state index contributed by atoms with van der Waals surface area (Å²) in [5, 5.41) is 0. The molecule has 0 saturated heterocycles. The molecule has 2 nitrogen and oxygen atoms in total. The number of rotatable bonds is 7. The number of hydrogen-bond acceptors (Lipinski definition) is 2. The van der Waals surface area contributed by atoms with E-state index in [0.717, 1.165) is 48.3 Å². The molecule has 3 fully saturated rings. The van der Waals surface area contributed by atoms with Crippen molar-refractivity contribution in [2.75, 3.05) is 0 Å². The normalized spacial score (nSPS) is 38.5. The maximum atomic E-state index is 13.0. The molecule has 5 rings (SSSR count). The van der Waals surface area contributed by atoms with Gasteiger partial charge in [-0.15, -0.1) is 0 Å². The van der Waals surface area contributed by atoms with E-state index in [1.165, 1.54) is 51.4 Å². The standard InChI is InChI=1S/C36H54O2/c1-24(2)12-11-13-25(3)28-17-18-29-27-16-19-31-34(4,5)32(38-33(37)26-14-9-8-10-15-26)21-23-36(31,7)30(27)20-22-35(28,29)6/h8-10,14-15,19,24-25,27-30,32H,11-13,16-18,20-23H2,1-7H3/t25-,27-,28+,29-,30-,32-,35+,36+/m0/s1. The second kappa shape index (κ2) is 10.4. The van der Waals surface area contributed by atoms with Crippen LogP contribution in [0.15, 0.2) is 42.0 Å². The van der Waals surface area contributed by atoms with Crippen LogP contribution in [0.5, 0.6) is 0 Å². The van der Waals surface area contributed by atoms with Crippen LogP contribution < -0.4 is 0 Å². The van der Waals surface area contributed by atoms with Crippen LogP contribution >= 0.6 is 0 Å². The van der Waals surface area contributed by atoms with E-state index in [-0.39, 0.29) is 22.9 Å². The average molecular weight is 519 g/mol. The summed E-state index contributed by atoms with van der Waals surface area (Å²) < 4.78 is 6.22. The molecule has 0 aromatic heterocycles. The van der Waals surface area contributed by atoms with E-state index < -0.39 is 0 Å². The van der Waals surface area contributed by atoms with Crippen molar-refractivity contribution < 1.29 is 9.53 Å². The van der Waals surface area contributed by atoms with Gasteiger partial charge in [0.25, 0.3) is 0 Å². The molecule has 0 bridgehead atoms. The monoisotopic (exact) mass is 518 g/mol. The van der Waals surface area contributed by atoms with E-state index in [1.807, 2.05) is 30.3 Å². The number of carbonyl (C=O) groups is 1. The Morgan fingerprint density at radius 1 is 0.921 bits per heavy atom. The van der Waals surface area contributed by atoms with Gasteiger partial charge < -0.3 is 4.74 Å². The van der Waals surface area contributed by atoms with Crippen molar-refractivity contribution in [2.24, 2.45) is 51.8 Å². The molecular weight excluding hydrogens is 464 g/mol. The molecule has 38 heavy (non-hydrogen) atoms. The molecule has 0 spiro atoms. The summed E-state index contributed by atoms with van der Waals surface area (Å²) in [6, 6.07) is 9.52. The van der Waals surface area contributed by atoms with Gasteiger partial charge in [0.2, 0.25) is 0 Å². The summed E-state index contributed by atoms with van der Waals surface area (Å²) >= 11 is 0. The Morgan fingerprint density at radius 2 is 1.66 bits per heavy atom. The van der Waals surface area contributed by atoms with E-state index in [9.17, 15) is 4.79 Å². The predicted molar refractivity (Wildman–Crippen MR) is 158 cm³/mol. The largest absolute Gasteiger partial charge is 0.458 e. The molecular formula is C36H54O2. The van der Waals surface area contributed by atoms with Crippen LogP contribution in [-0.2, 0) is 4.74 Å². The lowest BCUT2D eigenvalue weighted by Gasteiger charge is -2.61. The Hall–Kier alpha value is -1.57. The fourth-order valence-electron chi connectivity index (χ4n) is 10.4. The lowest BCUT2D eigenvalue weighted by atomic mass is 9.44. The molecule has 0 amide bonds. The van der Waals surface area contributed by atoms with Gasteiger partial charge in [-0.2, -0.15) is 0 Å². The van der Waals surface area contributed by atoms with E-state index in [2.05, 4.69) is 54.5 Å². The van der Waals surface area contributed by atoms with Gasteiger partial charge in [0, 0.05) is 5.41 Å². The second-order valence-corrected chi connectivity index (χ2v) is 15.2. The summed E-state index contributed by atoms with van der Waals surface area (Å²) in [6.45, 7) is 17.3. The lowest BCUT2D eigenvalue weighted by Crippen LogP contribution is -2.55. The van der Waals surface area contributed by atoms with Crippen molar-refractivity contribution >= 4 is 5.97 Å². The van der Waals surface area contributed by atoms with Gasteiger partial charge in [-0.1, -0.05) is 97.6 Å². The summed E-state index contributed by atoms with van der Waals surface area (Å²) in [6.07, 6.45) is 15.8. The molecule has 2 heteroatoms. The first kappa shape index (κ1) is 28.0. The summed E-state index contributed by atoms with van der Waals surface area (Å²) in [4.78, 5) is 13.0. The zero-order valence-electron chi connectivity index (χ0n) is 25.4. The number of carbonyl (C=O) groups excluding carboxylic acids is 1. The van der Waals surface area contributed by atoms with Crippen molar-refractivity contribution in [3.05, 3.63) is 47.5 Å². The molecule has 0 aliphatic heterocycles. The third kappa shape index (κ3) is 4.71. The first-order valence-electron chi connectivity index (χ1n) is 16.0. The number of fused-ring (bicyclic) bond motifs is 5. The number of esters is 1. The van der Waals surface area contributed by atoms with Gasteiger partial charge in [-0.05, 0) is 103 Å². The van der Waals surface area contributed by atoms with Crippen LogP contribution in [0.1, 0.15) is 123 Å². The molecule has 0 radical (unpaired) electrons. The average Bonchev–Trinajstić information content (AvgIpc) is 3.23. The number of ether oxygens (including phenoxy) is 1. The van der Waals surface area contributed by atoms with Crippen LogP contribution in [0.2, 0.25) is 0 Å².